The van der Waals surface area contributed by atoms with Crippen molar-refractivity contribution >= 4 is 40.8 Å². The third-order valence-corrected chi connectivity index (χ3v) is 3.22. The normalized spacial score (nSPS) is 9.70. The van der Waals surface area contributed by atoms with Crippen molar-refractivity contribution in [2.75, 3.05) is 19.0 Å². The number of aryl methyl sites for hydroxylation is 1. The van der Waals surface area contributed by atoms with E-state index < -0.39 is 0 Å². The van der Waals surface area contributed by atoms with Gasteiger partial charge in [0.15, 0.2) is 0 Å². The van der Waals surface area contributed by atoms with Crippen LogP contribution in [0.3, 0.4) is 0 Å². The van der Waals surface area contributed by atoms with Gasteiger partial charge < -0.3 is 15.8 Å². The highest BCUT2D eigenvalue weighted by Crippen LogP contribution is 2.17. The lowest BCUT2D eigenvalue weighted by molar-refractivity contribution is -0.140. The van der Waals surface area contributed by atoms with Crippen molar-refractivity contribution in [3.8, 4) is 0 Å². The Balaban J connectivity index is 0.00000361. The van der Waals surface area contributed by atoms with Gasteiger partial charge in [0.2, 0.25) is 11.0 Å². The Kier molecular flexibility index (Phi) is 9.87. The van der Waals surface area contributed by atoms with Crippen molar-refractivity contribution < 1.29 is 14.3 Å². The van der Waals surface area contributed by atoms with E-state index in [0.29, 0.717) is 43.8 Å². The molecular weight excluding hydrogens is 304 g/mol. The molecule has 20 heavy (non-hydrogen) atoms. The molecule has 0 saturated heterocycles. The molecule has 0 aliphatic heterocycles. The summed E-state index contributed by atoms with van der Waals surface area (Å²) in [6, 6.07) is 0. The van der Waals surface area contributed by atoms with E-state index in [1.165, 1.54) is 18.4 Å². The molecule has 3 N–H and O–H groups in total. The number of carbonyl (C=O) groups is 2. The van der Waals surface area contributed by atoms with Crippen LogP contribution in [0.4, 0.5) is 5.13 Å². The molecule has 0 radical (unpaired) electrons. The molecule has 0 aliphatic rings. The number of nitrogens with zero attached hydrogens (tertiary/aromatic N) is 2. The molecule has 1 heterocycles. The van der Waals surface area contributed by atoms with Crippen LogP contribution in [0.1, 0.15) is 30.7 Å². The van der Waals surface area contributed by atoms with E-state index in [-0.39, 0.29) is 24.3 Å². The lowest BCUT2D eigenvalue weighted by atomic mass is 10.2. The molecule has 1 rings (SSSR count). The fourth-order valence-corrected chi connectivity index (χ4v) is 2.13. The third-order valence-electron chi connectivity index (χ3n) is 2.32. The minimum Gasteiger partial charge on any atom is -0.469 e. The standard InChI is InChI=1S/C11H18N4O3S.ClH/c1-18-10(17)6-2-5-9-14-15-11(19-9)13-8(16)4-3-7-12;/h2-7,12H2,1H3,(H,13,15,16);1H. The van der Waals surface area contributed by atoms with Crippen molar-refractivity contribution in [1.29, 1.82) is 0 Å². The number of hydrogen-bond donors (Lipinski definition) is 2. The first-order chi connectivity index (χ1) is 9.15. The summed E-state index contributed by atoms with van der Waals surface area (Å²) in [6.07, 6.45) is 2.69. The number of ether oxygens (including phenoxy) is 1. The van der Waals surface area contributed by atoms with Crippen LogP contribution in [0.2, 0.25) is 0 Å². The molecule has 0 unspecified atom stereocenters. The number of esters is 1. The molecule has 0 aromatic carbocycles. The summed E-state index contributed by atoms with van der Waals surface area (Å²) in [7, 11) is 1.36. The quantitative estimate of drug-likeness (QED) is 0.695. The minimum absolute atomic E-state index is 0. The Bertz CT molecular complexity index is 428. The zero-order chi connectivity index (χ0) is 14.1. The maximum atomic E-state index is 11.4. The minimum atomic E-state index is -0.236. The fourth-order valence-electron chi connectivity index (χ4n) is 1.34. The molecule has 7 nitrogen and oxygen atoms in total. The molecule has 1 amide bonds. The van der Waals surface area contributed by atoms with Gasteiger partial charge in [0.1, 0.15) is 5.01 Å². The highest BCUT2D eigenvalue weighted by atomic mass is 35.5. The Labute approximate surface area is 127 Å². The molecule has 0 aliphatic carbocycles. The van der Waals surface area contributed by atoms with E-state index in [1.807, 2.05) is 0 Å². The van der Waals surface area contributed by atoms with E-state index in [4.69, 9.17) is 5.73 Å². The Morgan fingerprint density at radius 1 is 1.30 bits per heavy atom. The van der Waals surface area contributed by atoms with Gasteiger partial charge in [-0.15, -0.1) is 22.6 Å². The van der Waals surface area contributed by atoms with Crippen molar-refractivity contribution in [3.63, 3.8) is 0 Å². The molecule has 9 heteroatoms. The van der Waals surface area contributed by atoms with Gasteiger partial charge in [-0.05, 0) is 19.4 Å². The van der Waals surface area contributed by atoms with Crippen LogP contribution in [0.25, 0.3) is 0 Å². The van der Waals surface area contributed by atoms with Crippen LogP contribution in [-0.2, 0) is 20.7 Å². The van der Waals surface area contributed by atoms with Gasteiger partial charge in [0.05, 0.1) is 7.11 Å². The topological polar surface area (TPSA) is 107 Å². The molecule has 0 atom stereocenters. The molecule has 114 valence electrons. The zero-order valence-corrected chi connectivity index (χ0v) is 12.9. The summed E-state index contributed by atoms with van der Waals surface area (Å²) in [5, 5.41) is 11.8. The summed E-state index contributed by atoms with van der Waals surface area (Å²) < 4.78 is 4.54. The van der Waals surface area contributed by atoms with Gasteiger partial charge >= 0.3 is 5.97 Å². The van der Waals surface area contributed by atoms with Crippen molar-refractivity contribution in [1.82, 2.24) is 10.2 Å². The fraction of sp³-hybridized carbons (Fsp3) is 0.636. The van der Waals surface area contributed by atoms with Gasteiger partial charge in [-0.1, -0.05) is 11.3 Å². The molecule has 0 saturated carbocycles. The first-order valence-electron chi connectivity index (χ1n) is 6.04. The zero-order valence-electron chi connectivity index (χ0n) is 11.3. The molecule has 1 aromatic heterocycles. The number of methoxy groups -OCH3 is 1. The third kappa shape index (κ3) is 7.37. The van der Waals surface area contributed by atoms with Crippen LogP contribution >= 0.6 is 23.7 Å². The summed E-state index contributed by atoms with van der Waals surface area (Å²) in [4.78, 5) is 22.4. The van der Waals surface area contributed by atoms with Crippen LogP contribution in [-0.4, -0.2) is 35.7 Å². The van der Waals surface area contributed by atoms with Crippen LogP contribution in [0.5, 0.6) is 0 Å². The average Bonchev–Trinajstić information content (AvgIpc) is 2.83. The number of hydrogen-bond acceptors (Lipinski definition) is 7. The van der Waals surface area contributed by atoms with Gasteiger partial charge in [-0.2, -0.15) is 0 Å². The Hall–Kier alpha value is -1.25. The number of nitrogens with two attached hydrogens (primary N) is 1. The summed E-state index contributed by atoms with van der Waals surface area (Å²) in [5.41, 5.74) is 5.32. The van der Waals surface area contributed by atoms with E-state index in [0.717, 1.165) is 5.01 Å². The first-order valence-corrected chi connectivity index (χ1v) is 6.86. The van der Waals surface area contributed by atoms with Crippen molar-refractivity contribution in [2.45, 2.75) is 32.1 Å². The molecule has 0 fully saturated rings. The van der Waals surface area contributed by atoms with Gasteiger partial charge in [0, 0.05) is 19.3 Å². The highest BCUT2D eigenvalue weighted by Gasteiger charge is 2.08. The predicted molar refractivity (Wildman–Crippen MR) is 79.0 cm³/mol. The number of amides is 1. The number of rotatable bonds is 8. The molecule has 0 spiro atoms. The first kappa shape index (κ1) is 18.8. The number of halogens is 1. The highest BCUT2D eigenvalue weighted by molar-refractivity contribution is 7.15. The van der Waals surface area contributed by atoms with Crippen LogP contribution < -0.4 is 11.1 Å². The van der Waals surface area contributed by atoms with Crippen LogP contribution in [0, 0.1) is 0 Å². The van der Waals surface area contributed by atoms with Gasteiger partial charge in [0.25, 0.3) is 0 Å². The predicted octanol–water partition coefficient (Wildman–Crippen LogP) is 1.13. The summed E-state index contributed by atoms with van der Waals surface area (Å²) in [5.74, 6) is -0.345. The number of nitrogens with one attached hydrogen (secondary N) is 1. The van der Waals surface area contributed by atoms with E-state index in [2.05, 4.69) is 20.3 Å². The maximum Gasteiger partial charge on any atom is 0.305 e. The van der Waals surface area contributed by atoms with Gasteiger partial charge in [-0.3, -0.25) is 9.59 Å². The number of aromatic nitrogens is 2. The lowest BCUT2D eigenvalue weighted by Gasteiger charge is -1.98. The van der Waals surface area contributed by atoms with E-state index in [1.54, 1.807) is 0 Å². The second-order valence-corrected chi connectivity index (χ2v) is 4.93. The second kappa shape index (κ2) is 10.5. The van der Waals surface area contributed by atoms with Crippen molar-refractivity contribution in [2.24, 2.45) is 5.73 Å². The summed E-state index contributed by atoms with van der Waals surface area (Å²) >= 11 is 1.32. The second-order valence-electron chi connectivity index (χ2n) is 3.87. The number of anilines is 1. The average molecular weight is 323 g/mol. The smallest absolute Gasteiger partial charge is 0.305 e. The van der Waals surface area contributed by atoms with Crippen LogP contribution in [0.15, 0.2) is 0 Å². The molecule has 1 aromatic rings. The van der Waals surface area contributed by atoms with Crippen molar-refractivity contribution in [3.05, 3.63) is 5.01 Å². The number of carbonyl (C=O) groups excluding carboxylic acids is 2. The maximum absolute atomic E-state index is 11.4. The van der Waals surface area contributed by atoms with E-state index >= 15 is 0 Å². The SMILES string of the molecule is COC(=O)CCCc1nnc(NC(=O)CCCN)s1.Cl. The summed E-state index contributed by atoms with van der Waals surface area (Å²) in [6.45, 7) is 0.488. The monoisotopic (exact) mass is 322 g/mol. The molecule has 0 bridgehead atoms. The Morgan fingerprint density at radius 3 is 2.70 bits per heavy atom. The molecular formula is C11H19ClN4O3S. The lowest BCUT2D eigenvalue weighted by Crippen LogP contribution is -2.13. The largest absolute Gasteiger partial charge is 0.469 e. The van der Waals surface area contributed by atoms with E-state index in [9.17, 15) is 9.59 Å². The Morgan fingerprint density at radius 2 is 2.05 bits per heavy atom. The van der Waals surface area contributed by atoms with Gasteiger partial charge in [-0.25, -0.2) is 0 Å².